The highest BCUT2D eigenvalue weighted by Gasteiger charge is 2.49. The molecule has 6 nitrogen and oxygen atoms in total. The second-order valence-corrected chi connectivity index (χ2v) is 14.9. The average Bonchev–Trinajstić information content (AvgIpc) is 2.98. The van der Waals surface area contributed by atoms with Gasteiger partial charge in [0.25, 0.3) is 5.91 Å². The Morgan fingerprint density at radius 1 is 0.848 bits per heavy atom. The maximum absolute atomic E-state index is 14.3. The van der Waals surface area contributed by atoms with Crippen molar-refractivity contribution in [2.75, 3.05) is 11.9 Å². The van der Waals surface area contributed by atoms with E-state index in [9.17, 15) is 14.4 Å². The van der Waals surface area contributed by atoms with Crippen molar-refractivity contribution in [3.63, 3.8) is 0 Å². The van der Waals surface area contributed by atoms with Crippen molar-refractivity contribution in [3.8, 4) is 5.75 Å². The summed E-state index contributed by atoms with van der Waals surface area (Å²) in [4.78, 5) is 43.8. The van der Waals surface area contributed by atoms with Crippen molar-refractivity contribution in [1.29, 1.82) is 0 Å². The van der Waals surface area contributed by atoms with E-state index >= 15 is 0 Å². The highest BCUT2D eigenvalue weighted by atomic mass is 35.5. The zero-order valence-corrected chi connectivity index (χ0v) is 28.0. The normalized spacial score (nSPS) is 19.1. The van der Waals surface area contributed by atoms with Gasteiger partial charge in [-0.05, 0) is 66.0 Å². The number of ketones is 2. The van der Waals surface area contributed by atoms with Gasteiger partial charge in [0.1, 0.15) is 5.75 Å². The molecule has 46 heavy (non-hydrogen) atoms. The van der Waals surface area contributed by atoms with Gasteiger partial charge >= 0.3 is 0 Å². The lowest BCUT2D eigenvalue weighted by molar-refractivity contribution is -0.120. The highest BCUT2D eigenvalue weighted by Crippen LogP contribution is 2.56. The van der Waals surface area contributed by atoms with Crippen LogP contribution < -0.4 is 10.1 Å². The third kappa shape index (κ3) is 6.41. The number of carbonyl (C=O) groups excluding carboxylic acids is 3. The number of amides is 1. The first-order valence-corrected chi connectivity index (χ1v) is 16.3. The number of allylic oxidation sites excluding steroid dienone is 4. The first-order valence-electron chi connectivity index (χ1n) is 15.9. The van der Waals surface area contributed by atoms with E-state index in [0.29, 0.717) is 65.4 Å². The molecule has 3 aromatic rings. The van der Waals surface area contributed by atoms with Crippen molar-refractivity contribution < 1.29 is 19.1 Å². The van der Waals surface area contributed by atoms with Crippen LogP contribution in [0.2, 0.25) is 5.02 Å². The molecule has 1 aliphatic heterocycles. The quantitative estimate of drug-likeness (QED) is 0.281. The van der Waals surface area contributed by atoms with E-state index in [1.54, 1.807) is 18.2 Å². The molecular formula is C39H41ClN2O4. The van der Waals surface area contributed by atoms with E-state index in [1.807, 2.05) is 49.4 Å². The molecule has 3 aliphatic rings. The summed E-state index contributed by atoms with van der Waals surface area (Å²) in [5.74, 6) is -0.459. The summed E-state index contributed by atoms with van der Waals surface area (Å²) in [6.07, 6.45) is 2.13. The molecule has 7 heteroatoms. The maximum atomic E-state index is 14.3. The van der Waals surface area contributed by atoms with Crippen molar-refractivity contribution in [2.24, 2.45) is 10.8 Å². The first kappa shape index (κ1) is 31.8. The number of Topliss-reactive ketones (excluding diaryl/α,β-unsaturated/α-hetero) is 2. The fourth-order valence-electron chi connectivity index (χ4n) is 7.23. The predicted molar refractivity (Wildman–Crippen MR) is 182 cm³/mol. The molecule has 1 heterocycles. The number of hydrogen-bond acceptors (Lipinski definition) is 5. The Morgan fingerprint density at radius 3 is 2.04 bits per heavy atom. The van der Waals surface area contributed by atoms with Crippen molar-refractivity contribution in [2.45, 2.75) is 72.8 Å². The number of para-hydroxylation sites is 1. The minimum Gasteiger partial charge on any atom is -0.483 e. The molecule has 1 N–H and O–H groups in total. The van der Waals surface area contributed by atoms with Crippen LogP contribution in [-0.4, -0.2) is 29.0 Å². The molecule has 0 radical (unpaired) electrons. The van der Waals surface area contributed by atoms with Gasteiger partial charge in [0.2, 0.25) is 0 Å². The van der Waals surface area contributed by atoms with Crippen LogP contribution in [0.3, 0.4) is 0 Å². The number of nitrogens with zero attached hydrogens (tertiary/aromatic N) is 1. The van der Waals surface area contributed by atoms with Gasteiger partial charge in [-0.2, -0.15) is 0 Å². The van der Waals surface area contributed by atoms with Gasteiger partial charge in [-0.25, -0.2) is 0 Å². The van der Waals surface area contributed by atoms with Crippen LogP contribution in [0.15, 0.2) is 95.3 Å². The molecule has 0 bridgehead atoms. The summed E-state index contributed by atoms with van der Waals surface area (Å²) in [5, 5.41) is 3.39. The molecule has 238 valence electrons. The van der Waals surface area contributed by atoms with Crippen molar-refractivity contribution in [3.05, 3.63) is 117 Å². The molecule has 0 fully saturated rings. The predicted octanol–water partition coefficient (Wildman–Crippen LogP) is 8.55. The van der Waals surface area contributed by atoms with Gasteiger partial charge in [0.15, 0.2) is 18.2 Å². The van der Waals surface area contributed by atoms with Gasteiger partial charge in [-0.1, -0.05) is 87.8 Å². The Kier molecular flexibility index (Phi) is 8.45. The van der Waals surface area contributed by atoms with Gasteiger partial charge in [0.05, 0.1) is 0 Å². The number of benzene rings is 3. The summed E-state index contributed by atoms with van der Waals surface area (Å²) >= 11 is 6.63. The van der Waals surface area contributed by atoms with Crippen molar-refractivity contribution >= 4 is 34.8 Å². The third-order valence-electron chi connectivity index (χ3n) is 9.27. The molecule has 0 unspecified atom stereocenters. The molecule has 0 saturated heterocycles. The smallest absolute Gasteiger partial charge is 0.262 e. The number of carbonyl (C=O) groups is 3. The first-order chi connectivity index (χ1) is 21.8. The van der Waals surface area contributed by atoms with Crippen molar-refractivity contribution in [1.82, 2.24) is 4.90 Å². The van der Waals surface area contributed by atoms with Crippen LogP contribution >= 0.6 is 11.6 Å². The maximum Gasteiger partial charge on any atom is 0.262 e. The van der Waals surface area contributed by atoms with Crippen LogP contribution in [0, 0.1) is 17.8 Å². The summed E-state index contributed by atoms with van der Waals surface area (Å²) in [6, 6.07) is 23.0. The topological polar surface area (TPSA) is 75.7 Å². The third-order valence-corrected chi connectivity index (χ3v) is 9.50. The molecule has 2 aliphatic carbocycles. The second kappa shape index (κ2) is 12.2. The Hall–Kier alpha value is -4.16. The monoisotopic (exact) mass is 636 g/mol. The Labute approximate surface area is 276 Å². The van der Waals surface area contributed by atoms with E-state index in [0.717, 1.165) is 22.5 Å². The molecule has 0 atom stereocenters. The number of ether oxygens (including phenoxy) is 1. The molecular weight excluding hydrogens is 596 g/mol. The van der Waals surface area contributed by atoms with E-state index in [1.165, 1.54) is 0 Å². The SMILES string of the molecule is Cc1ccccc1NC(=O)COc1ccc(Cl)cc1C1C2=C(CC(C)(C)CC2=O)N(Cc2ccccc2)C2=C1C(=O)CC(C)(C)C2. The van der Waals surface area contributed by atoms with Crippen LogP contribution in [0.4, 0.5) is 5.69 Å². The lowest BCUT2D eigenvalue weighted by Gasteiger charge is -2.49. The van der Waals surface area contributed by atoms with Gasteiger partial charge in [-0.15, -0.1) is 0 Å². The molecule has 1 amide bonds. The van der Waals surface area contributed by atoms with E-state index < -0.39 is 5.92 Å². The second-order valence-electron chi connectivity index (χ2n) is 14.4. The zero-order chi connectivity index (χ0) is 32.8. The fraction of sp³-hybridized carbons (Fsp3) is 0.359. The lowest BCUT2D eigenvalue weighted by atomic mass is 9.63. The van der Waals surface area contributed by atoms with Gasteiger partial charge < -0.3 is 15.0 Å². The minimum atomic E-state index is -0.641. The lowest BCUT2D eigenvalue weighted by Crippen LogP contribution is -2.44. The number of rotatable bonds is 7. The van der Waals surface area contributed by atoms with E-state index in [4.69, 9.17) is 16.3 Å². The van der Waals surface area contributed by atoms with Crippen LogP contribution in [0.5, 0.6) is 5.75 Å². The Bertz CT molecular complexity index is 1730. The fourth-order valence-corrected chi connectivity index (χ4v) is 7.42. The minimum absolute atomic E-state index is 0.0294. The summed E-state index contributed by atoms with van der Waals surface area (Å²) in [6.45, 7) is 10.8. The number of halogens is 1. The Morgan fingerprint density at radius 2 is 1.43 bits per heavy atom. The number of hydrogen-bond donors (Lipinski definition) is 1. The molecule has 3 aromatic carbocycles. The van der Waals surface area contributed by atoms with Crippen LogP contribution in [0.1, 0.15) is 76.0 Å². The van der Waals surface area contributed by atoms with E-state index in [-0.39, 0.29) is 34.9 Å². The van der Waals surface area contributed by atoms with Crippen LogP contribution in [-0.2, 0) is 20.9 Å². The number of nitrogens with one attached hydrogen (secondary N) is 1. The number of aryl methyl sites for hydroxylation is 1. The molecule has 6 rings (SSSR count). The van der Waals surface area contributed by atoms with Crippen LogP contribution in [0.25, 0.3) is 0 Å². The molecule has 0 spiro atoms. The molecule has 0 aromatic heterocycles. The zero-order valence-electron chi connectivity index (χ0n) is 27.2. The summed E-state index contributed by atoms with van der Waals surface area (Å²) in [5.41, 5.74) is 6.11. The summed E-state index contributed by atoms with van der Waals surface area (Å²) < 4.78 is 6.20. The average molecular weight is 637 g/mol. The Balaban J connectivity index is 1.47. The van der Waals surface area contributed by atoms with Gasteiger partial charge in [0, 0.05) is 64.1 Å². The molecule has 0 saturated carbocycles. The summed E-state index contributed by atoms with van der Waals surface area (Å²) in [7, 11) is 0. The van der Waals surface area contributed by atoms with E-state index in [2.05, 4.69) is 50.0 Å². The largest absolute Gasteiger partial charge is 0.483 e. The number of anilines is 1. The van der Waals surface area contributed by atoms with Gasteiger partial charge in [-0.3, -0.25) is 14.4 Å². The highest BCUT2D eigenvalue weighted by molar-refractivity contribution is 6.30. The standard InChI is InChI=1S/C39H41ClN2O4/c1-24-11-9-10-14-28(24)41-34(45)23-46-33-16-15-26(40)17-27(33)35-36-29(18-38(2,3)20-31(36)43)42(22-25-12-7-6-8-13-25)30-19-39(4,5)21-32(44)37(30)35/h6-17,35H,18-23H2,1-5H3,(H,41,45).